The predicted octanol–water partition coefficient (Wildman–Crippen LogP) is 0.376. The molecule has 3 N–H and O–H groups in total. The predicted molar refractivity (Wildman–Crippen MR) is 81.7 cm³/mol. The molecule has 1 aliphatic carbocycles. The zero-order valence-electron chi connectivity index (χ0n) is 12.8. The van der Waals surface area contributed by atoms with Crippen molar-refractivity contribution in [2.75, 3.05) is 6.61 Å². The Bertz CT molecular complexity index is 666. The zero-order valence-corrected chi connectivity index (χ0v) is 12.8. The van der Waals surface area contributed by atoms with Gasteiger partial charge in [-0.1, -0.05) is 12.1 Å². The van der Waals surface area contributed by atoms with E-state index in [1.807, 2.05) is 0 Å². The summed E-state index contributed by atoms with van der Waals surface area (Å²) in [5, 5.41) is 29.2. The van der Waals surface area contributed by atoms with E-state index in [2.05, 4.69) is 0 Å². The fourth-order valence-corrected chi connectivity index (χ4v) is 3.12. The fraction of sp³-hybridized carbons (Fsp3) is 0.412. The van der Waals surface area contributed by atoms with E-state index in [-0.39, 0.29) is 25.2 Å². The topological polar surface area (TPSA) is 113 Å². The normalized spacial score (nSPS) is 31.9. The first kappa shape index (κ1) is 16.5. The molecular formula is C17H18O7. The van der Waals surface area contributed by atoms with Crippen molar-refractivity contribution in [3.05, 3.63) is 35.9 Å². The monoisotopic (exact) mass is 334 g/mol. The quantitative estimate of drug-likeness (QED) is 0.539. The van der Waals surface area contributed by atoms with Crippen molar-refractivity contribution in [1.29, 1.82) is 0 Å². The average molecular weight is 334 g/mol. The number of ether oxygens (including phenoxy) is 2. The summed E-state index contributed by atoms with van der Waals surface area (Å²) in [7, 11) is 0. The van der Waals surface area contributed by atoms with E-state index in [0.29, 0.717) is 0 Å². The van der Waals surface area contributed by atoms with Gasteiger partial charge in [-0.2, -0.15) is 0 Å². The number of aromatic hydroxyl groups is 1. The minimum atomic E-state index is -1.70. The summed E-state index contributed by atoms with van der Waals surface area (Å²) in [5.74, 6) is -1.62. The molecular weight excluding hydrogens is 316 g/mol. The highest BCUT2D eigenvalue weighted by Crippen LogP contribution is 2.41. The van der Waals surface area contributed by atoms with Gasteiger partial charge in [0.25, 0.3) is 0 Å². The summed E-state index contributed by atoms with van der Waals surface area (Å²) in [6.45, 7) is -0.0595. The Labute approximate surface area is 138 Å². The first-order chi connectivity index (χ1) is 11.4. The van der Waals surface area contributed by atoms with Gasteiger partial charge in [0.05, 0.1) is 12.7 Å². The molecule has 3 fully saturated rings. The molecule has 4 rings (SSSR count). The molecule has 0 radical (unpaired) electrons. The molecule has 1 saturated carbocycles. The molecule has 1 aromatic rings. The summed E-state index contributed by atoms with van der Waals surface area (Å²) < 4.78 is 10.1. The minimum Gasteiger partial charge on any atom is -0.508 e. The third kappa shape index (κ3) is 3.27. The number of benzene rings is 1. The molecule has 2 aliphatic heterocycles. The van der Waals surface area contributed by atoms with Gasteiger partial charge in [0.15, 0.2) is 5.60 Å². The van der Waals surface area contributed by atoms with Crippen LogP contribution in [0.25, 0.3) is 6.08 Å². The molecule has 2 bridgehead atoms. The van der Waals surface area contributed by atoms with E-state index in [4.69, 9.17) is 9.47 Å². The van der Waals surface area contributed by atoms with E-state index in [1.54, 1.807) is 12.1 Å². The highest BCUT2D eigenvalue weighted by atomic mass is 16.6. The van der Waals surface area contributed by atoms with Crippen molar-refractivity contribution < 1.29 is 34.4 Å². The Balaban J connectivity index is 1.55. The van der Waals surface area contributed by atoms with Gasteiger partial charge in [-0.3, -0.25) is 0 Å². The Kier molecular flexibility index (Phi) is 4.29. The number of carbonyl (C=O) groups is 2. The Morgan fingerprint density at radius 3 is 2.71 bits per heavy atom. The molecule has 4 atom stereocenters. The van der Waals surface area contributed by atoms with Gasteiger partial charge in [-0.25, -0.2) is 9.59 Å². The molecule has 2 saturated heterocycles. The lowest BCUT2D eigenvalue weighted by Crippen LogP contribution is -2.63. The van der Waals surface area contributed by atoms with Crippen LogP contribution in [0.3, 0.4) is 0 Å². The highest BCUT2D eigenvalue weighted by molar-refractivity contribution is 5.87. The first-order valence-corrected chi connectivity index (χ1v) is 7.63. The van der Waals surface area contributed by atoms with Crippen LogP contribution in [-0.2, 0) is 19.1 Å². The lowest BCUT2D eigenvalue weighted by Gasteiger charge is -2.47. The molecule has 24 heavy (non-hydrogen) atoms. The molecule has 0 spiro atoms. The maximum Gasteiger partial charge on any atom is 0.338 e. The fourth-order valence-electron chi connectivity index (χ4n) is 3.12. The second-order valence-electron chi connectivity index (χ2n) is 6.19. The summed E-state index contributed by atoms with van der Waals surface area (Å²) in [6.07, 6.45) is 1.10. The van der Waals surface area contributed by atoms with Gasteiger partial charge >= 0.3 is 11.9 Å². The van der Waals surface area contributed by atoms with Crippen LogP contribution in [-0.4, -0.2) is 51.7 Å². The van der Waals surface area contributed by atoms with Crippen LogP contribution in [0.4, 0.5) is 0 Å². The van der Waals surface area contributed by atoms with Crippen molar-refractivity contribution in [1.82, 2.24) is 0 Å². The molecule has 7 nitrogen and oxygen atoms in total. The number of phenols is 1. The van der Waals surface area contributed by atoms with Crippen molar-refractivity contribution in [2.45, 2.75) is 30.7 Å². The van der Waals surface area contributed by atoms with Crippen molar-refractivity contribution in [3.8, 4) is 5.75 Å². The number of hydrogen-bond donors (Lipinski definition) is 3. The second kappa shape index (κ2) is 6.26. The van der Waals surface area contributed by atoms with Gasteiger partial charge < -0.3 is 24.8 Å². The van der Waals surface area contributed by atoms with E-state index in [9.17, 15) is 24.9 Å². The van der Waals surface area contributed by atoms with E-state index >= 15 is 0 Å². The Morgan fingerprint density at radius 2 is 2.04 bits per heavy atom. The molecule has 128 valence electrons. The molecule has 3 aliphatic rings. The smallest absolute Gasteiger partial charge is 0.338 e. The van der Waals surface area contributed by atoms with Gasteiger partial charge in [0.1, 0.15) is 11.9 Å². The van der Waals surface area contributed by atoms with Crippen molar-refractivity contribution in [2.24, 2.45) is 5.92 Å². The van der Waals surface area contributed by atoms with Gasteiger partial charge in [-0.05, 0) is 30.2 Å². The summed E-state index contributed by atoms with van der Waals surface area (Å²) in [5.41, 5.74) is -0.979. The summed E-state index contributed by atoms with van der Waals surface area (Å²) >= 11 is 0. The van der Waals surface area contributed by atoms with Gasteiger partial charge in [-0.15, -0.1) is 0 Å². The number of carbonyl (C=O) groups excluding carboxylic acids is 2. The maximum absolute atomic E-state index is 11.8. The first-order valence-electron chi connectivity index (χ1n) is 7.63. The zero-order chi connectivity index (χ0) is 17.3. The lowest BCUT2D eigenvalue weighted by atomic mass is 9.72. The highest BCUT2D eigenvalue weighted by Gasteiger charge is 2.57. The molecule has 2 heterocycles. The molecule has 0 amide bonds. The van der Waals surface area contributed by atoms with Crippen LogP contribution in [0.1, 0.15) is 18.4 Å². The largest absolute Gasteiger partial charge is 0.508 e. The van der Waals surface area contributed by atoms with Crippen LogP contribution in [0.15, 0.2) is 30.3 Å². The van der Waals surface area contributed by atoms with Crippen LogP contribution in [0.2, 0.25) is 0 Å². The van der Waals surface area contributed by atoms with Crippen LogP contribution in [0.5, 0.6) is 5.75 Å². The van der Waals surface area contributed by atoms with Gasteiger partial charge in [0, 0.05) is 18.4 Å². The van der Waals surface area contributed by atoms with E-state index in [1.165, 1.54) is 24.3 Å². The maximum atomic E-state index is 11.8. The lowest BCUT2D eigenvalue weighted by molar-refractivity contribution is -0.233. The van der Waals surface area contributed by atoms with Gasteiger partial charge in [0.2, 0.25) is 0 Å². The number of aliphatic hydroxyl groups is 2. The number of hydrogen-bond acceptors (Lipinski definition) is 7. The number of phenolic OH excluding ortho intramolecular Hbond substituents is 1. The third-order valence-electron chi connectivity index (χ3n) is 4.36. The summed E-state index contributed by atoms with van der Waals surface area (Å²) in [4.78, 5) is 23.3. The number of rotatable bonds is 4. The SMILES string of the molecule is O=C(/C=C/c1ccc(O)cc1)OCC1C[C@@]2(O)CC(O)[C@H]1OC2=O. The molecule has 0 aromatic heterocycles. The Morgan fingerprint density at radius 1 is 1.33 bits per heavy atom. The number of fused-ring (bicyclic) bond motifs is 3. The van der Waals surface area contributed by atoms with E-state index in [0.717, 1.165) is 5.56 Å². The van der Waals surface area contributed by atoms with E-state index < -0.39 is 35.7 Å². The second-order valence-corrected chi connectivity index (χ2v) is 6.19. The molecule has 1 aromatic carbocycles. The Hall–Kier alpha value is -2.38. The van der Waals surface area contributed by atoms with Crippen molar-refractivity contribution >= 4 is 18.0 Å². The summed E-state index contributed by atoms with van der Waals surface area (Å²) in [6, 6.07) is 6.29. The standard InChI is InChI=1S/C17H18O7/c18-12-4-1-10(2-5-12)3-6-14(20)23-9-11-7-17(22)8-13(19)15(11)24-16(17)21/h1-6,11,13,15,18-19,22H,7-9H2/b6-3+/t11?,13?,15-,17+/m0/s1. The third-order valence-corrected chi connectivity index (χ3v) is 4.36. The minimum absolute atomic E-state index is 0.0539. The average Bonchev–Trinajstić information content (AvgIpc) is 2.54. The number of esters is 2. The van der Waals surface area contributed by atoms with Crippen LogP contribution >= 0.6 is 0 Å². The molecule has 2 unspecified atom stereocenters. The molecule has 7 heteroatoms. The number of aliphatic hydroxyl groups excluding tert-OH is 1. The van der Waals surface area contributed by atoms with Crippen LogP contribution in [0, 0.1) is 5.92 Å². The van der Waals surface area contributed by atoms with Crippen molar-refractivity contribution in [3.63, 3.8) is 0 Å². The van der Waals surface area contributed by atoms with Crippen LogP contribution < -0.4 is 0 Å².